The molecule has 0 saturated heterocycles. The molecule has 0 aliphatic heterocycles. The monoisotopic (exact) mass is 325 g/mol. The van der Waals surface area contributed by atoms with E-state index in [-0.39, 0.29) is 11.9 Å². The number of benzene rings is 2. The molecule has 2 aromatic carbocycles. The fourth-order valence-electron chi connectivity index (χ4n) is 2.57. The third kappa shape index (κ3) is 4.38. The second-order valence-electron chi connectivity index (χ2n) is 6.68. The largest absolute Gasteiger partial charge is 0.491 e. The molecule has 0 aliphatic carbocycles. The lowest BCUT2D eigenvalue weighted by molar-refractivity contribution is 0.0926. The number of hydrogen-bond donors (Lipinski definition) is 1. The molecular weight excluding hydrogens is 298 g/mol. The number of nitrogens with one attached hydrogen (secondary N) is 1. The lowest BCUT2D eigenvalue weighted by atomic mass is 10.0. The summed E-state index contributed by atoms with van der Waals surface area (Å²) in [6, 6.07) is 9.98. The van der Waals surface area contributed by atoms with Gasteiger partial charge in [0.1, 0.15) is 12.4 Å². The van der Waals surface area contributed by atoms with Gasteiger partial charge in [-0.05, 0) is 87.6 Å². The van der Waals surface area contributed by atoms with E-state index in [1.165, 1.54) is 16.7 Å². The first-order chi connectivity index (χ1) is 11.3. The van der Waals surface area contributed by atoms with Crippen molar-refractivity contribution in [1.82, 2.24) is 5.32 Å². The summed E-state index contributed by atoms with van der Waals surface area (Å²) in [5.41, 5.74) is 6.51. The standard InChI is InChI=1S/C21H27NO2/c1-13-7-8-19(10-15(13)3)24-12-18(6)22-21(23)20-11-16(4)14(2)9-17(20)5/h7-11,18H,12H2,1-6H3,(H,22,23)/t18-/m1/s1. The van der Waals surface area contributed by atoms with Crippen molar-refractivity contribution >= 4 is 5.91 Å². The van der Waals surface area contributed by atoms with Gasteiger partial charge < -0.3 is 10.1 Å². The van der Waals surface area contributed by atoms with E-state index in [1.54, 1.807) is 0 Å². The zero-order valence-corrected chi connectivity index (χ0v) is 15.5. The molecule has 3 nitrogen and oxygen atoms in total. The minimum atomic E-state index is -0.0693. The maximum absolute atomic E-state index is 12.5. The highest BCUT2D eigenvalue weighted by Crippen LogP contribution is 2.17. The summed E-state index contributed by atoms with van der Waals surface area (Å²) in [6.45, 7) is 12.6. The first kappa shape index (κ1) is 18.1. The van der Waals surface area contributed by atoms with E-state index in [1.807, 2.05) is 45.0 Å². The number of aryl methyl sites for hydroxylation is 5. The van der Waals surface area contributed by atoms with Gasteiger partial charge in [0.05, 0.1) is 6.04 Å². The van der Waals surface area contributed by atoms with Crippen molar-refractivity contribution in [2.75, 3.05) is 6.61 Å². The molecule has 24 heavy (non-hydrogen) atoms. The Morgan fingerprint density at radius 1 is 0.917 bits per heavy atom. The van der Waals surface area contributed by atoms with E-state index < -0.39 is 0 Å². The molecule has 0 saturated carbocycles. The number of amides is 1. The molecule has 0 heterocycles. The zero-order valence-electron chi connectivity index (χ0n) is 15.5. The molecule has 0 aromatic heterocycles. The third-order valence-electron chi connectivity index (χ3n) is 4.44. The van der Waals surface area contributed by atoms with Crippen LogP contribution in [0.2, 0.25) is 0 Å². The maximum Gasteiger partial charge on any atom is 0.251 e. The molecular formula is C21H27NO2. The van der Waals surface area contributed by atoms with Crippen molar-refractivity contribution in [2.45, 2.75) is 47.6 Å². The highest BCUT2D eigenvalue weighted by atomic mass is 16.5. The van der Waals surface area contributed by atoms with Crippen LogP contribution in [0.25, 0.3) is 0 Å². The van der Waals surface area contributed by atoms with Gasteiger partial charge in [0.2, 0.25) is 0 Å². The van der Waals surface area contributed by atoms with Gasteiger partial charge in [0, 0.05) is 5.56 Å². The van der Waals surface area contributed by atoms with Crippen molar-refractivity contribution < 1.29 is 9.53 Å². The highest BCUT2D eigenvalue weighted by Gasteiger charge is 2.14. The van der Waals surface area contributed by atoms with Crippen LogP contribution in [0.4, 0.5) is 0 Å². The maximum atomic E-state index is 12.5. The molecule has 0 unspecified atom stereocenters. The Kier molecular flexibility index (Phi) is 5.66. The fourth-order valence-corrected chi connectivity index (χ4v) is 2.57. The minimum absolute atomic E-state index is 0.0493. The molecule has 0 spiro atoms. The van der Waals surface area contributed by atoms with E-state index >= 15 is 0 Å². The number of ether oxygens (including phenoxy) is 1. The number of hydrogen-bond acceptors (Lipinski definition) is 2. The predicted octanol–water partition coefficient (Wildman–Crippen LogP) is 4.43. The summed E-state index contributed by atoms with van der Waals surface area (Å²) in [6.07, 6.45) is 0. The Hall–Kier alpha value is -2.29. The normalized spacial score (nSPS) is 11.9. The minimum Gasteiger partial charge on any atom is -0.491 e. The zero-order chi connectivity index (χ0) is 17.9. The van der Waals surface area contributed by atoms with Crippen LogP contribution in [0.5, 0.6) is 5.75 Å². The van der Waals surface area contributed by atoms with Gasteiger partial charge in [0.15, 0.2) is 0 Å². The Morgan fingerprint density at radius 2 is 1.54 bits per heavy atom. The molecule has 0 fully saturated rings. The van der Waals surface area contributed by atoms with Crippen molar-refractivity contribution in [1.29, 1.82) is 0 Å². The van der Waals surface area contributed by atoms with Gasteiger partial charge in [-0.2, -0.15) is 0 Å². The summed E-state index contributed by atoms with van der Waals surface area (Å²) >= 11 is 0. The van der Waals surface area contributed by atoms with Gasteiger partial charge >= 0.3 is 0 Å². The Balaban J connectivity index is 1.96. The van der Waals surface area contributed by atoms with Gasteiger partial charge in [-0.25, -0.2) is 0 Å². The van der Waals surface area contributed by atoms with Crippen molar-refractivity contribution in [3.05, 3.63) is 63.7 Å². The molecule has 2 rings (SSSR count). The second-order valence-corrected chi connectivity index (χ2v) is 6.68. The van der Waals surface area contributed by atoms with Crippen LogP contribution in [0.1, 0.15) is 45.1 Å². The predicted molar refractivity (Wildman–Crippen MR) is 99.0 cm³/mol. The van der Waals surface area contributed by atoms with Crippen LogP contribution in [0, 0.1) is 34.6 Å². The Morgan fingerprint density at radius 3 is 2.21 bits per heavy atom. The van der Waals surface area contributed by atoms with Crippen LogP contribution in [-0.2, 0) is 0 Å². The number of carbonyl (C=O) groups excluding carboxylic acids is 1. The fraction of sp³-hybridized carbons (Fsp3) is 0.381. The summed E-state index contributed by atoms with van der Waals surface area (Å²) < 4.78 is 5.80. The summed E-state index contributed by atoms with van der Waals surface area (Å²) in [5, 5.41) is 3.02. The SMILES string of the molecule is Cc1ccc(OC[C@@H](C)NC(=O)c2cc(C)c(C)cc2C)cc1C. The van der Waals surface area contributed by atoms with Crippen molar-refractivity contribution in [3.63, 3.8) is 0 Å². The molecule has 2 aromatic rings. The quantitative estimate of drug-likeness (QED) is 0.883. The number of carbonyl (C=O) groups is 1. The van der Waals surface area contributed by atoms with Crippen LogP contribution in [0.15, 0.2) is 30.3 Å². The Bertz CT molecular complexity index is 750. The van der Waals surface area contributed by atoms with Gasteiger partial charge in [-0.3, -0.25) is 4.79 Å². The molecule has 3 heteroatoms. The average molecular weight is 325 g/mol. The highest BCUT2D eigenvalue weighted by molar-refractivity contribution is 5.96. The molecule has 1 amide bonds. The van der Waals surface area contributed by atoms with Crippen LogP contribution in [-0.4, -0.2) is 18.6 Å². The topological polar surface area (TPSA) is 38.3 Å². The second kappa shape index (κ2) is 7.52. The summed E-state index contributed by atoms with van der Waals surface area (Å²) in [5.74, 6) is 0.786. The summed E-state index contributed by atoms with van der Waals surface area (Å²) in [4.78, 5) is 12.5. The molecule has 1 atom stereocenters. The van der Waals surface area contributed by atoms with Crippen LogP contribution >= 0.6 is 0 Å². The Labute approximate surface area is 145 Å². The summed E-state index contributed by atoms with van der Waals surface area (Å²) in [7, 11) is 0. The first-order valence-electron chi connectivity index (χ1n) is 8.36. The van der Waals surface area contributed by atoms with Crippen LogP contribution in [0.3, 0.4) is 0 Å². The van der Waals surface area contributed by atoms with E-state index in [2.05, 4.69) is 32.2 Å². The van der Waals surface area contributed by atoms with Crippen molar-refractivity contribution in [3.8, 4) is 5.75 Å². The van der Waals surface area contributed by atoms with E-state index in [4.69, 9.17) is 4.74 Å². The molecule has 0 bridgehead atoms. The van der Waals surface area contributed by atoms with E-state index in [0.717, 1.165) is 22.4 Å². The van der Waals surface area contributed by atoms with Gasteiger partial charge in [-0.1, -0.05) is 12.1 Å². The smallest absolute Gasteiger partial charge is 0.251 e. The van der Waals surface area contributed by atoms with Crippen molar-refractivity contribution in [2.24, 2.45) is 0 Å². The third-order valence-corrected chi connectivity index (χ3v) is 4.44. The molecule has 128 valence electrons. The van der Waals surface area contributed by atoms with E-state index in [9.17, 15) is 4.79 Å². The van der Waals surface area contributed by atoms with Gasteiger partial charge in [0.25, 0.3) is 5.91 Å². The van der Waals surface area contributed by atoms with E-state index in [0.29, 0.717) is 6.61 Å². The van der Waals surface area contributed by atoms with Crippen LogP contribution < -0.4 is 10.1 Å². The van der Waals surface area contributed by atoms with Gasteiger partial charge in [-0.15, -0.1) is 0 Å². The molecule has 1 N–H and O–H groups in total. The lowest BCUT2D eigenvalue weighted by Gasteiger charge is -2.17. The number of rotatable bonds is 5. The molecule has 0 radical (unpaired) electrons. The average Bonchev–Trinajstić information content (AvgIpc) is 2.52. The lowest BCUT2D eigenvalue weighted by Crippen LogP contribution is -2.37. The molecule has 0 aliphatic rings. The first-order valence-corrected chi connectivity index (χ1v) is 8.36.